The van der Waals surface area contributed by atoms with E-state index in [1.165, 1.54) is 0 Å². The summed E-state index contributed by atoms with van der Waals surface area (Å²) in [6.45, 7) is 4.78. The number of carbonyl (C=O) groups excluding carboxylic acids is 1. The fourth-order valence-electron chi connectivity index (χ4n) is 2.31. The van der Waals surface area contributed by atoms with Crippen molar-refractivity contribution in [1.82, 2.24) is 5.32 Å². The first-order valence-corrected chi connectivity index (χ1v) is 7.41. The maximum atomic E-state index is 11.8. The molecule has 0 unspecified atom stereocenters. The van der Waals surface area contributed by atoms with Crippen molar-refractivity contribution in [1.29, 1.82) is 0 Å². The van der Waals surface area contributed by atoms with Crippen LogP contribution >= 0.6 is 0 Å². The number of nitrogens with one attached hydrogen (secondary N) is 1. The first-order chi connectivity index (χ1) is 10.1. The summed E-state index contributed by atoms with van der Waals surface area (Å²) in [6.07, 6.45) is 2.32. The van der Waals surface area contributed by atoms with E-state index in [9.17, 15) is 4.79 Å². The highest BCUT2D eigenvalue weighted by Gasteiger charge is 2.27. The summed E-state index contributed by atoms with van der Waals surface area (Å²) in [5, 5.41) is 2.99. The molecule has 1 fully saturated rings. The highest BCUT2D eigenvalue weighted by molar-refractivity contribution is 5.76. The standard InChI is InChI=1S/C16H24N2O3/c1-16(7-10-20-11-8-16)12-18-15(19)6-9-21-14-5-3-2-4-13(14)17/h2-5H,6-12,17H2,1H3,(H,18,19). The third-order valence-corrected chi connectivity index (χ3v) is 3.92. The molecule has 116 valence electrons. The molecule has 0 radical (unpaired) electrons. The van der Waals surface area contributed by atoms with Crippen molar-refractivity contribution in [2.24, 2.45) is 5.41 Å². The quantitative estimate of drug-likeness (QED) is 0.786. The molecule has 1 heterocycles. The summed E-state index contributed by atoms with van der Waals surface area (Å²) in [4.78, 5) is 11.8. The van der Waals surface area contributed by atoms with Crippen LogP contribution in [0, 0.1) is 5.41 Å². The van der Waals surface area contributed by atoms with Gasteiger partial charge in [-0.15, -0.1) is 0 Å². The second-order valence-corrected chi connectivity index (χ2v) is 5.84. The lowest BCUT2D eigenvalue weighted by atomic mass is 9.82. The first-order valence-electron chi connectivity index (χ1n) is 7.41. The number of anilines is 1. The Balaban J connectivity index is 1.67. The number of nitrogens with two attached hydrogens (primary N) is 1. The van der Waals surface area contributed by atoms with Crippen molar-refractivity contribution >= 4 is 11.6 Å². The van der Waals surface area contributed by atoms with Gasteiger partial charge in [0.15, 0.2) is 0 Å². The third-order valence-electron chi connectivity index (χ3n) is 3.92. The highest BCUT2D eigenvalue weighted by Crippen LogP contribution is 2.28. The second kappa shape index (κ2) is 7.31. The molecule has 1 aromatic rings. The molecule has 0 atom stereocenters. The maximum absolute atomic E-state index is 11.8. The molecule has 1 aliphatic rings. The Morgan fingerprint density at radius 3 is 2.81 bits per heavy atom. The van der Waals surface area contributed by atoms with Crippen molar-refractivity contribution in [2.75, 3.05) is 32.1 Å². The van der Waals surface area contributed by atoms with E-state index in [2.05, 4.69) is 12.2 Å². The van der Waals surface area contributed by atoms with E-state index in [-0.39, 0.29) is 11.3 Å². The van der Waals surface area contributed by atoms with E-state index in [1.54, 1.807) is 12.1 Å². The lowest BCUT2D eigenvalue weighted by Gasteiger charge is -2.33. The van der Waals surface area contributed by atoms with Gasteiger partial charge in [-0.1, -0.05) is 19.1 Å². The lowest BCUT2D eigenvalue weighted by molar-refractivity contribution is -0.122. The average molecular weight is 292 g/mol. The van der Waals surface area contributed by atoms with Crippen molar-refractivity contribution in [3.05, 3.63) is 24.3 Å². The number of carbonyl (C=O) groups is 1. The molecule has 2 rings (SSSR count). The van der Waals surface area contributed by atoms with Gasteiger partial charge >= 0.3 is 0 Å². The third kappa shape index (κ3) is 4.93. The van der Waals surface area contributed by atoms with Crippen LogP contribution in [0.4, 0.5) is 5.69 Å². The topological polar surface area (TPSA) is 73.6 Å². The fourth-order valence-corrected chi connectivity index (χ4v) is 2.31. The van der Waals surface area contributed by atoms with Gasteiger partial charge in [0.05, 0.1) is 18.7 Å². The van der Waals surface area contributed by atoms with Crippen molar-refractivity contribution in [3.63, 3.8) is 0 Å². The van der Waals surface area contributed by atoms with Gasteiger partial charge in [0.25, 0.3) is 0 Å². The van der Waals surface area contributed by atoms with E-state index >= 15 is 0 Å². The van der Waals surface area contributed by atoms with Gasteiger partial charge in [-0.05, 0) is 30.4 Å². The van der Waals surface area contributed by atoms with E-state index in [1.807, 2.05) is 12.1 Å². The van der Waals surface area contributed by atoms with Crippen LogP contribution in [-0.4, -0.2) is 32.3 Å². The van der Waals surface area contributed by atoms with Crippen LogP contribution in [-0.2, 0) is 9.53 Å². The SMILES string of the molecule is CC1(CNC(=O)CCOc2ccccc2N)CCOCC1. The minimum atomic E-state index is 0.0113. The van der Waals surface area contributed by atoms with Gasteiger partial charge in [-0.25, -0.2) is 0 Å². The summed E-state index contributed by atoms with van der Waals surface area (Å²) in [7, 11) is 0. The minimum absolute atomic E-state index is 0.0113. The zero-order chi connectivity index (χ0) is 15.1. The van der Waals surface area contributed by atoms with Crippen molar-refractivity contribution in [3.8, 4) is 5.75 Å². The Bertz CT molecular complexity index is 470. The zero-order valence-electron chi connectivity index (χ0n) is 12.6. The molecule has 0 spiro atoms. The smallest absolute Gasteiger partial charge is 0.223 e. The maximum Gasteiger partial charge on any atom is 0.223 e. The summed E-state index contributed by atoms with van der Waals surface area (Å²) in [5.74, 6) is 0.638. The van der Waals surface area contributed by atoms with Crippen molar-refractivity contribution < 1.29 is 14.3 Å². The predicted octanol–water partition coefficient (Wildman–Crippen LogP) is 1.97. The van der Waals surface area contributed by atoms with Crippen LogP contribution < -0.4 is 15.8 Å². The van der Waals surface area contributed by atoms with Crippen LogP contribution in [0.5, 0.6) is 5.75 Å². The van der Waals surface area contributed by atoms with Gasteiger partial charge < -0.3 is 20.5 Å². The van der Waals surface area contributed by atoms with Crippen LogP contribution in [0.1, 0.15) is 26.2 Å². The molecule has 3 N–H and O–H groups in total. The largest absolute Gasteiger partial charge is 0.491 e. The molecule has 5 nitrogen and oxygen atoms in total. The van der Waals surface area contributed by atoms with Crippen LogP contribution in [0.3, 0.4) is 0 Å². The van der Waals surface area contributed by atoms with Crippen molar-refractivity contribution in [2.45, 2.75) is 26.2 Å². The molecule has 0 bridgehead atoms. The van der Waals surface area contributed by atoms with E-state index in [0.717, 1.165) is 26.1 Å². The van der Waals surface area contributed by atoms with Gasteiger partial charge in [-0.2, -0.15) is 0 Å². The Morgan fingerprint density at radius 2 is 2.10 bits per heavy atom. The van der Waals surface area contributed by atoms with Gasteiger partial charge in [0.1, 0.15) is 5.75 Å². The molecule has 5 heteroatoms. The van der Waals surface area contributed by atoms with Gasteiger partial charge in [0.2, 0.25) is 5.91 Å². The van der Waals surface area contributed by atoms with Crippen LogP contribution in [0.25, 0.3) is 0 Å². The number of rotatable bonds is 6. The molecule has 21 heavy (non-hydrogen) atoms. The molecule has 0 aliphatic carbocycles. The Morgan fingerprint density at radius 1 is 1.38 bits per heavy atom. The molecular formula is C16H24N2O3. The van der Waals surface area contributed by atoms with Crippen LogP contribution in [0.15, 0.2) is 24.3 Å². The Labute approximate surface area is 125 Å². The van der Waals surface area contributed by atoms with E-state index < -0.39 is 0 Å². The molecular weight excluding hydrogens is 268 g/mol. The molecule has 1 aliphatic heterocycles. The summed E-state index contributed by atoms with van der Waals surface area (Å²) in [5.41, 5.74) is 6.52. The zero-order valence-corrected chi connectivity index (χ0v) is 12.6. The number of hydrogen-bond acceptors (Lipinski definition) is 4. The Kier molecular flexibility index (Phi) is 5.44. The molecule has 1 saturated heterocycles. The molecule has 1 aromatic carbocycles. The first kappa shape index (κ1) is 15.6. The number of nitrogen functional groups attached to an aromatic ring is 1. The second-order valence-electron chi connectivity index (χ2n) is 5.84. The molecule has 1 amide bonds. The molecule has 0 saturated carbocycles. The van der Waals surface area contributed by atoms with Gasteiger partial charge in [-0.3, -0.25) is 4.79 Å². The van der Waals surface area contributed by atoms with E-state index in [0.29, 0.717) is 31.0 Å². The summed E-state index contributed by atoms with van der Waals surface area (Å²) in [6, 6.07) is 7.29. The predicted molar refractivity (Wildman–Crippen MR) is 82.1 cm³/mol. The number of hydrogen-bond donors (Lipinski definition) is 2. The minimum Gasteiger partial charge on any atom is -0.491 e. The normalized spacial score (nSPS) is 17.2. The number of ether oxygens (including phenoxy) is 2. The number of para-hydroxylation sites is 2. The monoisotopic (exact) mass is 292 g/mol. The van der Waals surface area contributed by atoms with Crippen LogP contribution in [0.2, 0.25) is 0 Å². The lowest BCUT2D eigenvalue weighted by Crippen LogP contribution is -2.39. The summed E-state index contributed by atoms with van der Waals surface area (Å²) < 4.78 is 10.9. The average Bonchev–Trinajstić information content (AvgIpc) is 2.48. The van der Waals surface area contributed by atoms with Gasteiger partial charge in [0, 0.05) is 19.8 Å². The Hall–Kier alpha value is -1.75. The molecule has 0 aromatic heterocycles. The van der Waals surface area contributed by atoms with E-state index in [4.69, 9.17) is 15.2 Å². The highest BCUT2D eigenvalue weighted by atomic mass is 16.5. The fraction of sp³-hybridized carbons (Fsp3) is 0.562. The number of amides is 1. The number of benzene rings is 1. The summed E-state index contributed by atoms with van der Waals surface area (Å²) >= 11 is 0.